The first-order valence-corrected chi connectivity index (χ1v) is 7.25. The molecule has 0 amide bonds. The Morgan fingerprint density at radius 3 is 2.79 bits per heavy atom. The van der Waals surface area contributed by atoms with E-state index in [0.29, 0.717) is 12.1 Å². The number of hydrogen-bond donors (Lipinski definition) is 1. The highest BCUT2D eigenvalue weighted by molar-refractivity contribution is 5.83. The Balaban J connectivity index is 1.77. The summed E-state index contributed by atoms with van der Waals surface area (Å²) in [4.78, 5) is 0. The molecule has 0 heterocycles. The SMILES string of the molecule is CCNC1CCCC1Oc1ccc2ccccc2c1. The summed E-state index contributed by atoms with van der Waals surface area (Å²) in [5, 5.41) is 6.04. The van der Waals surface area contributed by atoms with Gasteiger partial charge in [0, 0.05) is 6.04 Å². The summed E-state index contributed by atoms with van der Waals surface area (Å²) in [7, 11) is 0. The summed E-state index contributed by atoms with van der Waals surface area (Å²) in [6.45, 7) is 3.17. The van der Waals surface area contributed by atoms with E-state index in [-0.39, 0.29) is 0 Å². The van der Waals surface area contributed by atoms with Gasteiger partial charge in [0.2, 0.25) is 0 Å². The van der Waals surface area contributed by atoms with E-state index >= 15 is 0 Å². The van der Waals surface area contributed by atoms with Crippen LogP contribution in [0.3, 0.4) is 0 Å². The molecule has 0 aliphatic heterocycles. The topological polar surface area (TPSA) is 21.3 Å². The normalized spacial score (nSPS) is 22.8. The Morgan fingerprint density at radius 1 is 1.11 bits per heavy atom. The predicted molar refractivity (Wildman–Crippen MR) is 79.7 cm³/mol. The van der Waals surface area contributed by atoms with Crippen LogP contribution in [0.2, 0.25) is 0 Å². The largest absolute Gasteiger partial charge is 0.489 e. The number of ether oxygens (including phenoxy) is 1. The van der Waals surface area contributed by atoms with Crippen LogP contribution in [0.5, 0.6) is 5.75 Å². The van der Waals surface area contributed by atoms with Crippen LogP contribution in [-0.2, 0) is 0 Å². The molecule has 0 spiro atoms. The van der Waals surface area contributed by atoms with Crippen LogP contribution >= 0.6 is 0 Å². The first-order valence-electron chi connectivity index (χ1n) is 7.25. The quantitative estimate of drug-likeness (QED) is 0.898. The van der Waals surface area contributed by atoms with Crippen molar-refractivity contribution >= 4 is 10.8 Å². The maximum atomic E-state index is 6.19. The summed E-state index contributed by atoms with van der Waals surface area (Å²) in [5.41, 5.74) is 0. The van der Waals surface area contributed by atoms with Crippen molar-refractivity contribution in [2.75, 3.05) is 6.54 Å². The molecule has 2 nitrogen and oxygen atoms in total. The van der Waals surface area contributed by atoms with E-state index in [1.807, 2.05) is 0 Å². The molecular weight excluding hydrogens is 234 g/mol. The molecule has 0 aromatic heterocycles. The number of fused-ring (bicyclic) bond motifs is 1. The van der Waals surface area contributed by atoms with Gasteiger partial charge < -0.3 is 10.1 Å². The average Bonchev–Trinajstić information content (AvgIpc) is 2.86. The minimum atomic E-state index is 0.320. The molecule has 2 aromatic carbocycles. The van der Waals surface area contributed by atoms with Gasteiger partial charge in [0.05, 0.1) is 0 Å². The molecule has 2 atom stereocenters. The van der Waals surface area contributed by atoms with Gasteiger partial charge in [0.25, 0.3) is 0 Å². The van der Waals surface area contributed by atoms with Crippen molar-refractivity contribution < 1.29 is 4.74 Å². The van der Waals surface area contributed by atoms with Gasteiger partial charge >= 0.3 is 0 Å². The Bertz CT molecular complexity index is 552. The number of benzene rings is 2. The number of rotatable bonds is 4. The molecule has 1 aliphatic carbocycles. The lowest BCUT2D eigenvalue weighted by atomic mass is 10.1. The molecule has 1 fully saturated rings. The van der Waals surface area contributed by atoms with Gasteiger partial charge in [-0.25, -0.2) is 0 Å². The van der Waals surface area contributed by atoms with Crippen LogP contribution in [0.4, 0.5) is 0 Å². The summed E-state index contributed by atoms with van der Waals surface area (Å²) in [6.07, 6.45) is 3.97. The number of nitrogens with one attached hydrogen (secondary N) is 1. The molecule has 1 N–H and O–H groups in total. The third-order valence-electron chi connectivity index (χ3n) is 3.93. The Kier molecular flexibility index (Phi) is 3.69. The van der Waals surface area contributed by atoms with Crippen LogP contribution < -0.4 is 10.1 Å². The highest BCUT2D eigenvalue weighted by atomic mass is 16.5. The zero-order valence-corrected chi connectivity index (χ0v) is 11.4. The second-order valence-corrected chi connectivity index (χ2v) is 5.26. The fourth-order valence-corrected chi connectivity index (χ4v) is 2.98. The molecule has 19 heavy (non-hydrogen) atoms. The third-order valence-corrected chi connectivity index (χ3v) is 3.93. The molecule has 0 saturated heterocycles. The highest BCUT2D eigenvalue weighted by Gasteiger charge is 2.28. The number of hydrogen-bond acceptors (Lipinski definition) is 2. The van der Waals surface area contributed by atoms with Crippen LogP contribution in [0, 0.1) is 0 Å². The smallest absolute Gasteiger partial charge is 0.120 e. The summed E-state index contributed by atoms with van der Waals surface area (Å²) >= 11 is 0. The first kappa shape index (κ1) is 12.5. The minimum absolute atomic E-state index is 0.320. The molecule has 1 aliphatic rings. The van der Waals surface area contributed by atoms with Crippen molar-refractivity contribution in [3.8, 4) is 5.75 Å². The first-order chi connectivity index (χ1) is 9.36. The third kappa shape index (κ3) is 2.74. The van der Waals surface area contributed by atoms with Gasteiger partial charge in [0.1, 0.15) is 11.9 Å². The van der Waals surface area contributed by atoms with Crippen molar-refractivity contribution in [2.45, 2.75) is 38.3 Å². The second-order valence-electron chi connectivity index (χ2n) is 5.26. The Hall–Kier alpha value is -1.54. The molecule has 2 heteroatoms. The van der Waals surface area contributed by atoms with Gasteiger partial charge in [-0.15, -0.1) is 0 Å². The van der Waals surface area contributed by atoms with Gasteiger partial charge in [-0.1, -0.05) is 37.3 Å². The van der Waals surface area contributed by atoms with Crippen LogP contribution in [-0.4, -0.2) is 18.7 Å². The fourth-order valence-electron chi connectivity index (χ4n) is 2.98. The molecule has 2 aromatic rings. The van der Waals surface area contributed by atoms with E-state index in [1.165, 1.54) is 23.6 Å². The van der Waals surface area contributed by atoms with Crippen molar-refractivity contribution in [3.05, 3.63) is 42.5 Å². The molecule has 2 unspecified atom stereocenters. The molecule has 100 valence electrons. The predicted octanol–water partition coefficient (Wildman–Crippen LogP) is 3.75. The van der Waals surface area contributed by atoms with E-state index in [2.05, 4.69) is 54.7 Å². The van der Waals surface area contributed by atoms with E-state index in [4.69, 9.17) is 4.74 Å². The number of likely N-dealkylation sites (N-methyl/N-ethyl adjacent to an activating group) is 1. The maximum absolute atomic E-state index is 6.19. The van der Waals surface area contributed by atoms with Crippen molar-refractivity contribution in [1.82, 2.24) is 5.32 Å². The van der Waals surface area contributed by atoms with Crippen molar-refractivity contribution in [2.24, 2.45) is 0 Å². The summed E-state index contributed by atoms with van der Waals surface area (Å²) < 4.78 is 6.19. The molecular formula is C17H21NO. The van der Waals surface area contributed by atoms with Gasteiger partial charge in [-0.05, 0) is 48.7 Å². The Morgan fingerprint density at radius 2 is 1.95 bits per heavy atom. The van der Waals surface area contributed by atoms with E-state index < -0.39 is 0 Å². The molecule has 0 radical (unpaired) electrons. The maximum Gasteiger partial charge on any atom is 0.120 e. The fraction of sp³-hybridized carbons (Fsp3) is 0.412. The standard InChI is InChI=1S/C17H21NO/c1-2-18-16-8-5-9-17(16)19-15-11-10-13-6-3-4-7-14(13)12-15/h3-4,6-7,10-12,16-18H,2,5,8-9H2,1H3. The van der Waals surface area contributed by atoms with E-state index in [0.717, 1.165) is 18.7 Å². The van der Waals surface area contributed by atoms with Gasteiger partial charge in [-0.3, -0.25) is 0 Å². The van der Waals surface area contributed by atoms with E-state index in [9.17, 15) is 0 Å². The van der Waals surface area contributed by atoms with Crippen LogP contribution in [0.25, 0.3) is 10.8 Å². The lowest BCUT2D eigenvalue weighted by Crippen LogP contribution is -2.38. The monoisotopic (exact) mass is 255 g/mol. The summed E-state index contributed by atoms with van der Waals surface area (Å²) in [6, 6.07) is 15.3. The summed E-state index contributed by atoms with van der Waals surface area (Å²) in [5.74, 6) is 0.994. The Labute approximate surface area is 114 Å². The molecule has 3 rings (SSSR count). The van der Waals surface area contributed by atoms with Crippen LogP contribution in [0.1, 0.15) is 26.2 Å². The zero-order valence-electron chi connectivity index (χ0n) is 11.4. The van der Waals surface area contributed by atoms with Gasteiger partial charge in [0.15, 0.2) is 0 Å². The molecule has 0 bridgehead atoms. The minimum Gasteiger partial charge on any atom is -0.489 e. The van der Waals surface area contributed by atoms with Crippen molar-refractivity contribution in [3.63, 3.8) is 0 Å². The lowest BCUT2D eigenvalue weighted by Gasteiger charge is -2.22. The van der Waals surface area contributed by atoms with Gasteiger partial charge in [-0.2, -0.15) is 0 Å². The highest BCUT2D eigenvalue weighted by Crippen LogP contribution is 2.27. The van der Waals surface area contributed by atoms with Crippen LogP contribution in [0.15, 0.2) is 42.5 Å². The zero-order chi connectivity index (χ0) is 13.1. The molecule has 1 saturated carbocycles. The lowest BCUT2D eigenvalue weighted by molar-refractivity contribution is 0.176. The van der Waals surface area contributed by atoms with E-state index in [1.54, 1.807) is 0 Å². The van der Waals surface area contributed by atoms with Crippen molar-refractivity contribution in [1.29, 1.82) is 0 Å². The average molecular weight is 255 g/mol. The second kappa shape index (κ2) is 5.62.